The lowest BCUT2D eigenvalue weighted by Crippen LogP contribution is -2.23. The molecule has 1 aliphatic carbocycles. The first kappa shape index (κ1) is 27.6. The Labute approximate surface area is 236 Å². The van der Waals surface area contributed by atoms with Crippen molar-refractivity contribution in [3.8, 4) is 0 Å². The molecular weight excluding hydrogens is 530 g/mol. The van der Waals surface area contributed by atoms with E-state index in [1.165, 1.54) is 18.3 Å². The first-order valence-electron chi connectivity index (χ1n) is 13.4. The van der Waals surface area contributed by atoms with Crippen LogP contribution in [0.5, 0.6) is 0 Å². The van der Waals surface area contributed by atoms with E-state index < -0.39 is 11.9 Å². The molecule has 0 bridgehead atoms. The van der Waals surface area contributed by atoms with E-state index >= 15 is 0 Å². The molecule has 2 aromatic heterocycles. The van der Waals surface area contributed by atoms with Gasteiger partial charge in [0.1, 0.15) is 5.82 Å². The van der Waals surface area contributed by atoms with Crippen molar-refractivity contribution in [1.82, 2.24) is 9.55 Å². The molecule has 9 heteroatoms. The number of aromatic carboxylic acids is 1. The zero-order valence-corrected chi connectivity index (χ0v) is 22.6. The number of carboxylic acids is 1. The number of carbonyl (C=O) groups is 3. The number of pyridine rings is 1. The summed E-state index contributed by atoms with van der Waals surface area (Å²) in [5.74, 6) is -1.46. The number of aliphatic hydroxyl groups is 1. The number of fused-ring (bicyclic) bond motifs is 1. The second-order valence-corrected chi connectivity index (χ2v) is 10.6. The van der Waals surface area contributed by atoms with Gasteiger partial charge in [-0.1, -0.05) is 67.6 Å². The molecule has 8 nitrogen and oxygen atoms in total. The molecular formula is C31H30ClN3O5. The molecule has 1 saturated carbocycles. The van der Waals surface area contributed by atoms with Crippen molar-refractivity contribution >= 4 is 46.0 Å². The Hall–Kier alpha value is -4.01. The molecule has 0 spiro atoms. The topological polar surface area (TPSA) is 122 Å². The first-order chi connectivity index (χ1) is 19.4. The van der Waals surface area contributed by atoms with Gasteiger partial charge >= 0.3 is 5.97 Å². The molecule has 1 atom stereocenters. The molecule has 1 fully saturated rings. The number of amides is 1. The number of aliphatic hydroxyl groups excluding tert-OH is 1. The van der Waals surface area contributed by atoms with E-state index in [2.05, 4.69) is 10.3 Å². The Morgan fingerprint density at radius 1 is 1.05 bits per heavy atom. The van der Waals surface area contributed by atoms with Crippen LogP contribution in [0.1, 0.15) is 69.9 Å². The summed E-state index contributed by atoms with van der Waals surface area (Å²) in [6, 6.07) is 15.3. The zero-order valence-electron chi connectivity index (χ0n) is 21.8. The molecule has 0 aliphatic heterocycles. The molecule has 3 N–H and O–H groups in total. The number of carboxylic acid groups (broad SMARTS) is 1. The van der Waals surface area contributed by atoms with E-state index in [9.17, 15) is 19.5 Å². The highest BCUT2D eigenvalue weighted by Crippen LogP contribution is 2.39. The molecule has 206 valence electrons. The van der Waals surface area contributed by atoms with Gasteiger partial charge in [0.15, 0.2) is 5.78 Å². The summed E-state index contributed by atoms with van der Waals surface area (Å²) in [7, 11) is 0. The van der Waals surface area contributed by atoms with Crippen LogP contribution < -0.4 is 5.32 Å². The highest BCUT2D eigenvalue weighted by molar-refractivity contribution is 6.36. The van der Waals surface area contributed by atoms with Gasteiger partial charge in [-0.3, -0.25) is 9.59 Å². The minimum absolute atomic E-state index is 0.0306. The smallest absolute Gasteiger partial charge is 0.337 e. The Bertz CT molecular complexity index is 1540. The standard InChI is InChI=1S/C31H30ClN3O5/c32-26-15-22-25(18-35(12-13-36)27(22)16-24(26)29(37)20-8-2-1-3-9-20)23(14-19-6-4-5-7-19)30(38)34-28-11-10-21(17-33-28)31(39)40/h1-3,8-11,15-19,23,36H,4-7,12-14H2,(H,39,40)(H,33,34,38). The lowest BCUT2D eigenvalue weighted by molar-refractivity contribution is -0.118. The second-order valence-electron chi connectivity index (χ2n) is 10.2. The van der Waals surface area contributed by atoms with Crippen LogP contribution in [0.2, 0.25) is 5.02 Å². The SMILES string of the molecule is O=C(O)c1ccc(NC(=O)C(CC2CCCC2)c2cn(CCO)c3cc(C(=O)c4ccccc4)c(Cl)cc23)nc1. The number of anilines is 1. The van der Waals surface area contributed by atoms with Gasteiger partial charge in [0.25, 0.3) is 0 Å². The summed E-state index contributed by atoms with van der Waals surface area (Å²) in [6.45, 7) is 0.167. The van der Waals surface area contributed by atoms with Crippen LogP contribution in [0.3, 0.4) is 0 Å². The number of nitrogens with one attached hydrogen (secondary N) is 1. The Morgan fingerprint density at radius 3 is 2.45 bits per heavy atom. The minimum atomic E-state index is -1.09. The van der Waals surface area contributed by atoms with E-state index in [1.54, 1.807) is 36.4 Å². The number of rotatable bonds is 10. The van der Waals surface area contributed by atoms with Crippen molar-refractivity contribution in [3.05, 3.63) is 94.3 Å². The third-order valence-electron chi connectivity index (χ3n) is 7.62. The van der Waals surface area contributed by atoms with Crippen LogP contribution in [-0.2, 0) is 11.3 Å². The maximum Gasteiger partial charge on any atom is 0.337 e. The fourth-order valence-corrected chi connectivity index (χ4v) is 5.84. The number of benzene rings is 2. The van der Waals surface area contributed by atoms with Gasteiger partial charge in [-0.25, -0.2) is 9.78 Å². The number of carbonyl (C=O) groups excluding carboxylic acids is 2. The molecule has 0 saturated heterocycles. The summed E-state index contributed by atoms with van der Waals surface area (Å²) in [4.78, 5) is 42.3. The summed E-state index contributed by atoms with van der Waals surface area (Å²) >= 11 is 6.69. The predicted molar refractivity (Wildman–Crippen MR) is 153 cm³/mol. The normalized spacial score (nSPS) is 14.3. The number of hydrogen-bond donors (Lipinski definition) is 3. The average Bonchev–Trinajstić information content (AvgIpc) is 3.59. The van der Waals surface area contributed by atoms with E-state index in [0.29, 0.717) is 29.0 Å². The van der Waals surface area contributed by atoms with Crippen molar-refractivity contribution in [2.45, 2.75) is 44.6 Å². The summed E-state index contributed by atoms with van der Waals surface area (Å²) < 4.78 is 1.86. The van der Waals surface area contributed by atoms with Gasteiger partial charge in [-0.05, 0) is 42.2 Å². The highest BCUT2D eigenvalue weighted by Gasteiger charge is 2.30. The molecule has 1 unspecified atom stereocenters. The quantitative estimate of drug-likeness (QED) is 0.208. The van der Waals surface area contributed by atoms with Gasteiger partial charge in [0, 0.05) is 41.0 Å². The van der Waals surface area contributed by atoms with Crippen molar-refractivity contribution in [2.24, 2.45) is 5.92 Å². The fourth-order valence-electron chi connectivity index (χ4n) is 5.59. The van der Waals surface area contributed by atoms with E-state index in [4.69, 9.17) is 16.7 Å². The molecule has 2 aromatic carbocycles. The van der Waals surface area contributed by atoms with Crippen molar-refractivity contribution in [2.75, 3.05) is 11.9 Å². The number of aromatic nitrogens is 2. The zero-order chi connectivity index (χ0) is 28.2. The lowest BCUT2D eigenvalue weighted by Gasteiger charge is -2.20. The molecule has 1 aliphatic rings. The molecule has 5 rings (SSSR count). The van der Waals surface area contributed by atoms with Crippen LogP contribution >= 0.6 is 11.6 Å². The maximum atomic E-state index is 13.8. The van der Waals surface area contributed by atoms with E-state index in [0.717, 1.165) is 36.6 Å². The molecule has 4 aromatic rings. The number of halogens is 1. The van der Waals surface area contributed by atoms with Crippen LogP contribution in [0.25, 0.3) is 10.9 Å². The highest BCUT2D eigenvalue weighted by atomic mass is 35.5. The van der Waals surface area contributed by atoms with Crippen molar-refractivity contribution < 1.29 is 24.6 Å². The van der Waals surface area contributed by atoms with Crippen LogP contribution in [-0.4, -0.2) is 44.0 Å². The lowest BCUT2D eigenvalue weighted by atomic mass is 9.86. The average molecular weight is 560 g/mol. The monoisotopic (exact) mass is 559 g/mol. The Kier molecular flexibility index (Phi) is 8.28. The third-order valence-corrected chi connectivity index (χ3v) is 7.93. The van der Waals surface area contributed by atoms with Crippen molar-refractivity contribution in [1.29, 1.82) is 0 Å². The minimum Gasteiger partial charge on any atom is -0.478 e. The molecule has 0 radical (unpaired) electrons. The van der Waals surface area contributed by atoms with Gasteiger partial charge in [0.05, 0.1) is 23.1 Å². The van der Waals surface area contributed by atoms with Crippen molar-refractivity contribution in [3.63, 3.8) is 0 Å². The van der Waals surface area contributed by atoms with E-state index in [-0.39, 0.29) is 41.2 Å². The van der Waals surface area contributed by atoms with Crippen LogP contribution in [0.15, 0.2) is 67.0 Å². The number of ketones is 1. The summed E-state index contributed by atoms with van der Waals surface area (Å²) in [5.41, 5.74) is 2.37. The van der Waals surface area contributed by atoms with Crippen LogP contribution in [0.4, 0.5) is 5.82 Å². The van der Waals surface area contributed by atoms with E-state index in [1.807, 2.05) is 16.8 Å². The first-order valence-corrected chi connectivity index (χ1v) is 13.8. The number of hydrogen-bond acceptors (Lipinski definition) is 5. The Morgan fingerprint density at radius 2 is 1.80 bits per heavy atom. The van der Waals surface area contributed by atoms with Crippen LogP contribution in [0, 0.1) is 5.92 Å². The predicted octanol–water partition coefficient (Wildman–Crippen LogP) is 5.91. The second kappa shape index (κ2) is 12.0. The third kappa shape index (κ3) is 5.78. The summed E-state index contributed by atoms with van der Waals surface area (Å²) in [5, 5.41) is 22.8. The largest absolute Gasteiger partial charge is 0.478 e. The Balaban J connectivity index is 1.55. The van der Waals surface area contributed by atoms with Gasteiger partial charge in [-0.15, -0.1) is 0 Å². The van der Waals surface area contributed by atoms with Gasteiger partial charge < -0.3 is 20.1 Å². The maximum absolute atomic E-state index is 13.8. The fraction of sp³-hybridized carbons (Fsp3) is 0.290. The van der Waals surface area contributed by atoms with Gasteiger partial charge in [0.2, 0.25) is 5.91 Å². The van der Waals surface area contributed by atoms with Gasteiger partial charge in [-0.2, -0.15) is 0 Å². The molecule has 40 heavy (non-hydrogen) atoms. The molecule has 2 heterocycles. The summed E-state index contributed by atoms with van der Waals surface area (Å²) in [6.07, 6.45) is 8.04. The number of nitrogens with zero attached hydrogens (tertiary/aromatic N) is 2. The molecule has 1 amide bonds.